The van der Waals surface area contributed by atoms with Crippen molar-refractivity contribution in [2.75, 3.05) is 0 Å². The van der Waals surface area contributed by atoms with Crippen molar-refractivity contribution in [1.29, 1.82) is 0 Å². The quantitative estimate of drug-likeness (QED) is 0.693. The molecule has 5 heteroatoms. The molecule has 0 fully saturated rings. The maximum atomic E-state index is 13.6. The minimum atomic E-state index is -0.727. The molecule has 3 nitrogen and oxygen atoms in total. The molecule has 0 radical (unpaired) electrons. The Hall–Kier alpha value is -2.69. The van der Waals surface area contributed by atoms with E-state index in [4.69, 9.17) is 0 Å². The van der Waals surface area contributed by atoms with Crippen LogP contribution >= 0.6 is 0 Å². The fourth-order valence-electron chi connectivity index (χ4n) is 2.17. The summed E-state index contributed by atoms with van der Waals surface area (Å²) >= 11 is 0. The van der Waals surface area contributed by atoms with Crippen molar-refractivity contribution in [2.24, 2.45) is 0 Å². The number of carbonyl (C=O) groups excluding carboxylic acids is 1. The van der Waals surface area contributed by atoms with Crippen molar-refractivity contribution >= 4 is 16.8 Å². The first kappa shape index (κ1) is 13.3. The number of rotatable bonds is 3. The van der Waals surface area contributed by atoms with E-state index in [-0.39, 0.29) is 12.0 Å². The third kappa shape index (κ3) is 2.50. The van der Waals surface area contributed by atoms with Gasteiger partial charge in [-0.3, -0.25) is 14.8 Å². The van der Waals surface area contributed by atoms with Gasteiger partial charge in [-0.2, -0.15) is 0 Å². The van der Waals surface area contributed by atoms with Crippen molar-refractivity contribution in [3.05, 3.63) is 71.6 Å². The monoisotopic (exact) mass is 284 g/mol. The summed E-state index contributed by atoms with van der Waals surface area (Å²) < 4.78 is 27.2. The van der Waals surface area contributed by atoms with E-state index in [0.717, 1.165) is 12.1 Å². The van der Waals surface area contributed by atoms with Crippen LogP contribution in [0.2, 0.25) is 0 Å². The van der Waals surface area contributed by atoms with Gasteiger partial charge in [-0.05, 0) is 24.3 Å². The zero-order valence-corrected chi connectivity index (χ0v) is 10.9. The van der Waals surface area contributed by atoms with Crippen molar-refractivity contribution in [2.45, 2.75) is 6.42 Å². The normalized spacial score (nSPS) is 10.8. The molecule has 0 amide bonds. The van der Waals surface area contributed by atoms with Gasteiger partial charge in [-0.1, -0.05) is 12.1 Å². The van der Waals surface area contributed by atoms with E-state index in [0.29, 0.717) is 16.6 Å². The minimum absolute atomic E-state index is 0.233. The van der Waals surface area contributed by atoms with E-state index in [9.17, 15) is 13.6 Å². The summed E-state index contributed by atoms with van der Waals surface area (Å²) in [6.07, 6.45) is 2.64. The number of carbonyl (C=O) groups is 1. The van der Waals surface area contributed by atoms with E-state index >= 15 is 0 Å². The molecule has 0 unspecified atom stereocenters. The SMILES string of the molecule is O=C(Cc1c(F)cccc1F)c1cccc2nccnc12. The lowest BCUT2D eigenvalue weighted by Crippen LogP contribution is -2.08. The highest BCUT2D eigenvalue weighted by atomic mass is 19.1. The molecule has 0 N–H and O–H groups in total. The van der Waals surface area contributed by atoms with E-state index in [1.807, 2.05) is 0 Å². The molecule has 0 aliphatic carbocycles. The average molecular weight is 284 g/mol. The third-order valence-corrected chi connectivity index (χ3v) is 3.20. The van der Waals surface area contributed by atoms with Crippen molar-refractivity contribution in [1.82, 2.24) is 9.97 Å². The van der Waals surface area contributed by atoms with Crippen LogP contribution in [0.1, 0.15) is 15.9 Å². The van der Waals surface area contributed by atoms with E-state index in [2.05, 4.69) is 9.97 Å². The molecule has 0 bridgehead atoms. The number of ketones is 1. The summed E-state index contributed by atoms with van der Waals surface area (Å²) in [5.41, 5.74) is 1.07. The average Bonchev–Trinajstić information content (AvgIpc) is 2.50. The van der Waals surface area contributed by atoms with Crippen LogP contribution < -0.4 is 0 Å². The number of hydrogen-bond acceptors (Lipinski definition) is 3. The number of para-hydroxylation sites is 1. The molecule has 0 aliphatic heterocycles. The van der Waals surface area contributed by atoms with E-state index < -0.39 is 17.4 Å². The fourth-order valence-corrected chi connectivity index (χ4v) is 2.17. The zero-order chi connectivity index (χ0) is 14.8. The molecule has 0 saturated heterocycles. The maximum Gasteiger partial charge on any atom is 0.169 e. The fraction of sp³-hybridized carbons (Fsp3) is 0.0625. The van der Waals surface area contributed by atoms with E-state index in [1.54, 1.807) is 18.2 Å². The molecule has 21 heavy (non-hydrogen) atoms. The van der Waals surface area contributed by atoms with Crippen LogP contribution in [0.3, 0.4) is 0 Å². The molecule has 0 aliphatic rings. The molecule has 1 heterocycles. The maximum absolute atomic E-state index is 13.6. The molecule has 3 rings (SSSR count). The summed E-state index contributed by atoms with van der Waals surface area (Å²) in [4.78, 5) is 20.6. The predicted octanol–water partition coefficient (Wildman–Crippen LogP) is 3.33. The molecule has 2 aromatic carbocycles. The highest BCUT2D eigenvalue weighted by Gasteiger charge is 2.17. The molecule has 104 valence electrons. The second-order valence-corrected chi connectivity index (χ2v) is 4.53. The number of nitrogens with zero attached hydrogens (tertiary/aromatic N) is 2. The summed E-state index contributed by atoms with van der Waals surface area (Å²) in [6, 6.07) is 8.51. The predicted molar refractivity (Wildman–Crippen MR) is 73.9 cm³/mol. The molecule has 1 aromatic heterocycles. The first-order chi connectivity index (χ1) is 10.2. The van der Waals surface area contributed by atoms with Crippen LogP contribution in [0, 0.1) is 11.6 Å². The molecular weight excluding hydrogens is 274 g/mol. The van der Waals surface area contributed by atoms with Gasteiger partial charge in [0, 0.05) is 29.9 Å². The molecule has 0 spiro atoms. The number of fused-ring (bicyclic) bond motifs is 1. The molecular formula is C16H10F2N2O. The van der Waals surface area contributed by atoms with Gasteiger partial charge in [0.1, 0.15) is 11.6 Å². The first-order valence-electron chi connectivity index (χ1n) is 6.32. The molecule has 3 aromatic rings. The lowest BCUT2D eigenvalue weighted by atomic mass is 10.0. The number of benzene rings is 2. The Morgan fingerprint density at radius 2 is 1.62 bits per heavy atom. The molecule has 0 saturated carbocycles. The third-order valence-electron chi connectivity index (χ3n) is 3.20. The molecule has 0 atom stereocenters. The Bertz CT molecular complexity index is 808. The largest absolute Gasteiger partial charge is 0.294 e. The van der Waals surface area contributed by atoms with Gasteiger partial charge in [-0.15, -0.1) is 0 Å². The van der Waals surface area contributed by atoms with Gasteiger partial charge >= 0.3 is 0 Å². The Labute approximate surface area is 119 Å². The lowest BCUT2D eigenvalue weighted by Gasteiger charge is -2.06. The van der Waals surface area contributed by atoms with Crippen LogP contribution in [0.4, 0.5) is 8.78 Å². The van der Waals surface area contributed by atoms with Crippen LogP contribution in [0.15, 0.2) is 48.8 Å². The van der Waals surface area contributed by atoms with Crippen LogP contribution in [0.5, 0.6) is 0 Å². The summed E-state index contributed by atoms with van der Waals surface area (Å²) in [5.74, 6) is -1.85. The van der Waals surface area contributed by atoms with Crippen LogP contribution in [-0.4, -0.2) is 15.8 Å². The van der Waals surface area contributed by atoms with Gasteiger partial charge in [0.25, 0.3) is 0 Å². The Kier molecular flexibility index (Phi) is 3.39. The summed E-state index contributed by atoms with van der Waals surface area (Å²) in [7, 11) is 0. The topological polar surface area (TPSA) is 42.9 Å². The minimum Gasteiger partial charge on any atom is -0.294 e. The number of aromatic nitrogens is 2. The van der Waals surface area contributed by atoms with Gasteiger partial charge in [0.15, 0.2) is 5.78 Å². The Morgan fingerprint density at radius 1 is 0.952 bits per heavy atom. The summed E-state index contributed by atoms with van der Waals surface area (Å²) in [5, 5.41) is 0. The van der Waals surface area contributed by atoms with E-state index in [1.165, 1.54) is 18.5 Å². The zero-order valence-electron chi connectivity index (χ0n) is 10.9. The summed E-state index contributed by atoms with van der Waals surface area (Å²) in [6.45, 7) is 0. The Morgan fingerprint density at radius 3 is 2.38 bits per heavy atom. The van der Waals surface area contributed by atoms with Crippen molar-refractivity contribution < 1.29 is 13.6 Å². The number of hydrogen-bond donors (Lipinski definition) is 0. The van der Waals surface area contributed by atoms with Gasteiger partial charge in [0.2, 0.25) is 0 Å². The highest BCUT2D eigenvalue weighted by molar-refractivity contribution is 6.06. The smallest absolute Gasteiger partial charge is 0.169 e. The second-order valence-electron chi connectivity index (χ2n) is 4.53. The van der Waals surface area contributed by atoms with Crippen molar-refractivity contribution in [3.63, 3.8) is 0 Å². The second kappa shape index (κ2) is 5.36. The lowest BCUT2D eigenvalue weighted by molar-refractivity contribution is 0.0992. The number of halogens is 2. The van der Waals surface area contributed by atoms with Crippen molar-refractivity contribution in [3.8, 4) is 0 Å². The van der Waals surface area contributed by atoms with Gasteiger partial charge in [0.05, 0.1) is 11.0 Å². The first-order valence-corrected chi connectivity index (χ1v) is 6.32. The van der Waals surface area contributed by atoms with Gasteiger partial charge in [-0.25, -0.2) is 8.78 Å². The standard InChI is InChI=1S/C16H10F2N2O/c17-12-4-2-5-13(18)11(12)9-15(21)10-3-1-6-14-16(10)20-8-7-19-14/h1-8H,9H2. The highest BCUT2D eigenvalue weighted by Crippen LogP contribution is 2.19. The number of Topliss-reactive ketones (excluding diaryl/α,β-unsaturated/α-hetero) is 1. The van der Waals surface area contributed by atoms with Crippen LogP contribution in [-0.2, 0) is 6.42 Å². The van der Waals surface area contributed by atoms with Gasteiger partial charge < -0.3 is 0 Å². The Balaban J connectivity index is 2.02. The van der Waals surface area contributed by atoms with Crippen LogP contribution in [0.25, 0.3) is 11.0 Å².